The zero-order chi connectivity index (χ0) is 14.8. The monoisotopic (exact) mass is 295 g/mol. The molecular formula is C16H29N3S. The number of nitrogens with zero attached hydrogens (tertiary/aromatic N) is 2. The maximum Gasteiger partial charge on any atom is 0.138 e. The Labute approximate surface area is 128 Å². The number of nitrogens with one attached hydrogen (secondary N) is 1. The summed E-state index contributed by atoms with van der Waals surface area (Å²) in [5.41, 5.74) is 3.88. The van der Waals surface area contributed by atoms with E-state index in [1.807, 2.05) is 11.8 Å². The minimum absolute atomic E-state index is 0.935. The molecule has 1 heterocycles. The quantitative estimate of drug-likeness (QED) is 0.671. The van der Waals surface area contributed by atoms with Gasteiger partial charge < -0.3 is 5.32 Å². The van der Waals surface area contributed by atoms with Crippen molar-refractivity contribution in [1.82, 2.24) is 15.3 Å². The van der Waals surface area contributed by atoms with Crippen LogP contribution in [0.3, 0.4) is 0 Å². The topological polar surface area (TPSA) is 37.8 Å². The number of thioether (sulfide) groups is 1. The van der Waals surface area contributed by atoms with Crippen LogP contribution in [0.15, 0.2) is 0 Å². The molecule has 4 heteroatoms. The van der Waals surface area contributed by atoms with Crippen LogP contribution in [0.2, 0.25) is 0 Å². The first-order valence-electron chi connectivity index (χ1n) is 7.92. The van der Waals surface area contributed by atoms with Gasteiger partial charge in [0.1, 0.15) is 5.82 Å². The Hall–Kier alpha value is -0.610. The lowest BCUT2D eigenvalue weighted by atomic mass is 10.0. The normalized spacial score (nSPS) is 11.0. The van der Waals surface area contributed by atoms with Gasteiger partial charge in [-0.1, -0.05) is 27.7 Å². The van der Waals surface area contributed by atoms with Crippen molar-refractivity contribution >= 4 is 11.8 Å². The van der Waals surface area contributed by atoms with Crippen LogP contribution in [0.4, 0.5) is 0 Å². The number of hydrogen-bond acceptors (Lipinski definition) is 4. The van der Waals surface area contributed by atoms with Gasteiger partial charge in [-0.25, -0.2) is 9.97 Å². The number of hydrogen-bond donors (Lipinski definition) is 1. The second-order valence-electron chi connectivity index (χ2n) is 4.86. The summed E-state index contributed by atoms with van der Waals surface area (Å²) in [5.74, 6) is 3.07. The fraction of sp³-hybridized carbons (Fsp3) is 0.750. The molecule has 0 spiro atoms. The van der Waals surface area contributed by atoms with Crippen molar-refractivity contribution in [2.75, 3.05) is 18.8 Å². The summed E-state index contributed by atoms with van der Waals surface area (Å²) in [7, 11) is 0. The molecule has 1 aromatic rings. The average Bonchev–Trinajstić information content (AvgIpc) is 2.49. The average molecular weight is 295 g/mol. The Morgan fingerprint density at radius 3 is 2.10 bits per heavy atom. The molecule has 3 nitrogen and oxygen atoms in total. The van der Waals surface area contributed by atoms with E-state index >= 15 is 0 Å². The van der Waals surface area contributed by atoms with Gasteiger partial charge in [0.05, 0.1) is 5.75 Å². The molecule has 0 fully saturated rings. The maximum absolute atomic E-state index is 4.78. The molecule has 0 aliphatic heterocycles. The molecular weight excluding hydrogens is 266 g/mol. The third kappa shape index (κ3) is 5.41. The highest BCUT2D eigenvalue weighted by Crippen LogP contribution is 2.17. The van der Waals surface area contributed by atoms with Gasteiger partial charge >= 0.3 is 0 Å². The number of aryl methyl sites for hydroxylation is 2. The van der Waals surface area contributed by atoms with Crippen LogP contribution < -0.4 is 5.32 Å². The lowest BCUT2D eigenvalue weighted by Gasteiger charge is -2.14. The van der Waals surface area contributed by atoms with Gasteiger partial charge in [-0.15, -0.1) is 0 Å². The molecule has 0 amide bonds. The van der Waals surface area contributed by atoms with E-state index in [2.05, 4.69) is 33.0 Å². The van der Waals surface area contributed by atoms with E-state index in [1.54, 1.807) is 0 Å². The van der Waals surface area contributed by atoms with Gasteiger partial charge in [-0.2, -0.15) is 11.8 Å². The van der Waals surface area contributed by atoms with Gasteiger partial charge in [0.25, 0.3) is 0 Å². The standard InChI is InChI=1S/C16H29N3S/c1-5-10-17-11-9-13-14(6-2)18-16(12-20-8-4)19-15(13)7-3/h17H,5-12H2,1-4H3. The highest BCUT2D eigenvalue weighted by molar-refractivity contribution is 7.98. The van der Waals surface area contributed by atoms with Crippen molar-refractivity contribution in [2.45, 2.75) is 59.1 Å². The number of rotatable bonds is 10. The van der Waals surface area contributed by atoms with Gasteiger partial charge in [0, 0.05) is 11.4 Å². The summed E-state index contributed by atoms with van der Waals surface area (Å²) >= 11 is 1.89. The second-order valence-corrected chi connectivity index (χ2v) is 6.13. The molecule has 1 rings (SSSR count). The summed E-state index contributed by atoms with van der Waals surface area (Å²) in [4.78, 5) is 9.55. The molecule has 0 aromatic carbocycles. The highest BCUT2D eigenvalue weighted by atomic mass is 32.2. The summed E-state index contributed by atoms with van der Waals surface area (Å²) < 4.78 is 0. The molecule has 0 saturated carbocycles. The first-order chi connectivity index (χ1) is 9.76. The lowest BCUT2D eigenvalue weighted by molar-refractivity contribution is 0.661. The fourth-order valence-electron chi connectivity index (χ4n) is 2.28. The van der Waals surface area contributed by atoms with E-state index in [0.717, 1.165) is 49.7 Å². The Morgan fingerprint density at radius 1 is 0.950 bits per heavy atom. The molecule has 114 valence electrons. The largest absolute Gasteiger partial charge is 0.316 e. The van der Waals surface area contributed by atoms with Crippen molar-refractivity contribution in [2.24, 2.45) is 0 Å². The lowest BCUT2D eigenvalue weighted by Crippen LogP contribution is -2.20. The second kappa shape index (κ2) is 10.2. The third-order valence-electron chi connectivity index (χ3n) is 3.31. The summed E-state index contributed by atoms with van der Waals surface area (Å²) in [6.45, 7) is 10.9. The van der Waals surface area contributed by atoms with Crippen molar-refractivity contribution in [1.29, 1.82) is 0 Å². The summed E-state index contributed by atoms with van der Waals surface area (Å²) in [5, 5.41) is 3.48. The van der Waals surface area contributed by atoms with Crippen LogP contribution in [0.1, 0.15) is 56.9 Å². The SMILES string of the molecule is CCCNCCc1c(CC)nc(CSCC)nc1CC. The van der Waals surface area contributed by atoms with Crippen LogP contribution in [-0.4, -0.2) is 28.8 Å². The van der Waals surface area contributed by atoms with Crippen LogP contribution >= 0.6 is 11.8 Å². The van der Waals surface area contributed by atoms with Crippen molar-refractivity contribution in [3.63, 3.8) is 0 Å². The molecule has 0 unspecified atom stereocenters. The van der Waals surface area contributed by atoms with E-state index in [1.165, 1.54) is 23.4 Å². The Kier molecular flexibility index (Phi) is 8.86. The minimum Gasteiger partial charge on any atom is -0.316 e. The first-order valence-corrected chi connectivity index (χ1v) is 9.08. The molecule has 0 aliphatic carbocycles. The van der Waals surface area contributed by atoms with Crippen molar-refractivity contribution in [3.05, 3.63) is 22.8 Å². The van der Waals surface area contributed by atoms with Crippen LogP contribution in [-0.2, 0) is 25.0 Å². The zero-order valence-corrected chi connectivity index (χ0v) is 14.3. The first kappa shape index (κ1) is 17.4. The van der Waals surface area contributed by atoms with Crippen molar-refractivity contribution in [3.8, 4) is 0 Å². The van der Waals surface area contributed by atoms with E-state index in [9.17, 15) is 0 Å². The van der Waals surface area contributed by atoms with Crippen LogP contribution in [0, 0.1) is 0 Å². The Morgan fingerprint density at radius 2 is 1.60 bits per heavy atom. The predicted octanol–water partition coefficient (Wildman–Crippen LogP) is 3.40. The van der Waals surface area contributed by atoms with Gasteiger partial charge in [-0.05, 0) is 50.1 Å². The highest BCUT2D eigenvalue weighted by Gasteiger charge is 2.11. The zero-order valence-electron chi connectivity index (χ0n) is 13.5. The van der Waals surface area contributed by atoms with E-state index in [4.69, 9.17) is 9.97 Å². The van der Waals surface area contributed by atoms with Crippen LogP contribution in [0.25, 0.3) is 0 Å². The third-order valence-corrected chi connectivity index (χ3v) is 4.18. The smallest absolute Gasteiger partial charge is 0.138 e. The number of aromatic nitrogens is 2. The van der Waals surface area contributed by atoms with E-state index in [0.29, 0.717) is 0 Å². The van der Waals surface area contributed by atoms with E-state index in [-0.39, 0.29) is 0 Å². The molecule has 0 radical (unpaired) electrons. The molecule has 1 N–H and O–H groups in total. The van der Waals surface area contributed by atoms with Crippen molar-refractivity contribution < 1.29 is 0 Å². The van der Waals surface area contributed by atoms with E-state index < -0.39 is 0 Å². The van der Waals surface area contributed by atoms with Crippen LogP contribution in [0.5, 0.6) is 0 Å². The predicted molar refractivity (Wildman–Crippen MR) is 89.5 cm³/mol. The van der Waals surface area contributed by atoms with Gasteiger partial charge in [-0.3, -0.25) is 0 Å². The summed E-state index contributed by atoms with van der Waals surface area (Å²) in [6.07, 6.45) is 4.24. The molecule has 0 bridgehead atoms. The molecule has 20 heavy (non-hydrogen) atoms. The fourth-order valence-corrected chi connectivity index (χ4v) is 2.80. The maximum atomic E-state index is 4.78. The van der Waals surface area contributed by atoms with Gasteiger partial charge in [0.15, 0.2) is 0 Å². The Balaban J connectivity index is 2.84. The Bertz CT molecular complexity index is 368. The van der Waals surface area contributed by atoms with Gasteiger partial charge in [0.2, 0.25) is 0 Å². The molecule has 1 aromatic heterocycles. The molecule has 0 atom stereocenters. The molecule has 0 saturated heterocycles. The summed E-state index contributed by atoms with van der Waals surface area (Å²) in [6, 6.07) is 0. The minimum atomic E-state index is 0.935. The molecule has 0 aliphatic rings.